The first-order chi connectivity index (χ1) is 31.5. The Morgan fingerprint density at radius 2 is 1.06 bits per heavy atom. The Morgan fingerprint density at radius 3 is 1.70 bits per heavy atom. The Labute approximate surface area is 373 Å². The summed E-state index contributed by atoms with van der Waals surface area (Å²) in [5, 5.41) is 10.1. The van der Waals surface area contributed by atoms with Crippen LogP contribution in [0, 0.1) is 0 Å². The van der Waals surface area contributed by atoms with Crippen molar-refractivity contribution >= 4 is 71.5 Å². The molecule has 0 aliphatic rings. The summed E-state index contributed by atoms with van der Waals surface area (Å²) in [4.78, 5) is 9.16. The van der Waals surface area contributed by atoms with E-state index in [9.17, 15) is 0 Å². The van der Waals surface area contributed by atoms with Crippen LogP contribution in [0.25, 0.3) is 110 Å². The predicted octanol–water partition coefficient (Wildman–Crippen LogP) is 16.4. The van der Waals surface area contributed by atoms with Crippen molar-refractivity contribution in [3.05, 3.63) is 237 Å². The third-order valence-electron chi connectivity index (χ3n) is 12.2. The molecule has 0 radical (unpaired) electrons. The van der Waals surface area contributed by atoms with Crippen molar-refractivity contribution < 1.29 is 0 Å². The van der Waals surface area contributed by atoms with Crippen LogP contribution in [0.1, 0.15) is 18.1 Å². The van der Waals surface area contributed by atoms with Gasteiger partial charge < -0.3 is 5.73 Å². The van der Waals surface area contributed by atoms with Gasteiger partial charge in [-0.1, -0.05) is 183 Å². The van der Waals surface area contributed by atoms with Gasteiger partial charge in [-0.3, -0.25) is 9.97 Å². The zero-order valence-electron chi connectivity index (χ0n) is 35.7. The number of nitrogens with two attached hydrogens (primary N) is 1. The Hall–Kier alpha value is -8.40. The lowest BCUT2D eigenvalue weighted by Crippen LogP contribution is -1.94. The van der Waals surface area contributed by atoms with Gasteiger partial charge in [0.2, 0.25) is 0 Å². The minimum absolute atomic E-state index is 0.771. The fourth-order valence-electron chi connectivity index (χ4n) is 9.06. The van der Waals surface area contributed by atoms with Gasteiger partial charge in [-0.05, 0) is 126 Å². The molecule has 304 valence electrons. The summed E-state index contributed by atoms with van der Waals surface area (Å²) >= 11 is 0. The van der Waals surface area contributed by atoms with Crippen molar-refractivity contribution in [2.24, 2.45) is 0 Å². The number of para-hydroxylation sites is 1. The summed E-state index contributed by atoms with van der Waals surface area (Å²) in [5.41, 5.74) is 21.5. The molecule has 0 aliphatic heterocycles. The molecule has 2 N–H and O–H groups in total. The average Bonchev–Trinajstić information content (AvgIpc) is 3.35. The van der Waals surface area contributed by atoms with Crippen LogP contribution >= 0.6 is 0 Å². The number of benzene rings is 9. The molecule has 3 heteroatoms. The van der Waals surface area contributed by atoms with Crippen molar-refractivity contribution in [1.82, 2.24) is 9.97 Å². The van der Waals surface area contributed by atoms with Gasteiger partial charge >= 0.3 is 0 Å². The van der Waals surface area contributed by atoms with E-state index in [1.54, 1.807) is 6.08 Å². The normalized spacial score (nSPS) is 11.7. The van der Waals surface area contributed by atoms with Gasteiger partial charge in [-0.25, -0.2) is 0 Å². The van der Waals surface area contributed by atoms with Crippen LogP contribution in [-0.2, 0) is 0 Å². The van der Waals surface area contributed by atoms with Crippen molar-refractivity contribution in [3.63, 3.8) is 0 Å². The number of nitrogen functional groups attached to an aromatic ring is 1. The van der Waals surface area contributed by atoms with E-state index >= 15 is 0 Å². The largest absolute Gasteiger partial charge is 0.398 e. The lowest BCUT2D eigenvalue weighted by molar-refractivity contribution is 1.41. The smallest absolute Gasteiger partial charge is 0.0702 e. The second kappa shape index (κ2) is 17.2. The van der Waals surface area contributed by atoms with Gasteiger partial charge in [0, 0.05) is 40.0 Å². The zero-order chi connectivity index (χ0) is 43.6. The first-order valence-electron chi connectivity index (χ1n) is 21.6. The van der Waals surface area contributed by atoms with Crippen LogP contribution in [0.4, 0.5) is 5.69 Å². The minimum Gasteiger partial charge on any atom is -0.398 e. The van der Waals surface area contributed by atoms with Crippen molar-refractivity contribution in [3.8, 4) is 44.5 Å². The predicted molar refractivity (Wildman–Crippen MR) is 276 cm³/mol. The molecule has 0 saturated carbocycles. The number of anilines is 1. The molecule has 0 saturated heterocycles. The van der Waals surface area contributed by atoms with E-state index in [2.05, 4.69) is 169 Å². The molecule has 0 unspecified atom stereocenters. The van der Waals surface area contributed by atoms with Crippen LogP contribution in [-0.4, -0.2) is 9.97 Å². The van der Waals surface area contributed by atoms with Gasteiger partial charge in [0.1, 0.15) is 0 Å². The van der Waals surface area contributed by atoms with Crippen LogP contribution < -0.4 is 5.73 Å². The molecular formula is C61H45N3. The average molecular weight is 820 g/mol. The van der Waals surface area contributed by atoms with Crippen LogP contribution in [0.5, 0.6) is 0 Å². The summed E-state index contributed by atoms with van der Waals surface area (Å²) in [6.45, 7) is 9.48. The molecule has 0 atom stereocenters. The van der Waals surface area contributed by atoms with E-state index in [-0.39, 0.29) is 0 Å². The highest BCUT2D eigenvalue weighted by atomic mass is 14.7. The summed E-state index contributed by atoms with van der Waals surface area (Å²) in [7, 11) is 0. The third kappa shape index (κ3) is 7.40. The number of aromatic nitrogens is 2. The van der Waals surface area contributed by atoms with E-state index in [1.165, 1.54) is 71.3 Å². The first kappa shape index (κ1) is 39.7. The molecule has 0 aliphatic carbocycles. The quantitative estimate of drug-likeness (QED) is 0.0944. The van der Waals surface area contributed by atoms with E-state index in [4.69, 9.17) is 5.73 Å². The highest BCUT2D eigenvalue weighted by Crippen LogP contribution is 2.43. The highest BCUT2D eigenvalue weighted by Gasteiger charge is 2.15. The third-order valence-corrected chi connectivity index (χ3v) is 12.2. The van der Waals surface area contributed by atoms with E-state index in [0.29, 0.717) is 0 Å². The second-order valence-corrected chi connectivity index (χ2v) is 16.0. The van der Waals surface area contributed by atoms with Gasteiger partial charge in [0.15, 0.2) is 0 Å². The highest BCUT2D eigenvalue weighted by molar-refractivity contribution is 6.27. The summed E-state index contributed by atoms with van der Waals surface area (Å²) in [5.74, 6) is 0. The molecule has 2 aromatic heterocycles. The monoisotopic (exact) mass is 819 g/mol. The lowest BCUT2D eigenvalue weighted by Gasteiger charge is -2.17. The van der Waals surface area contributed by atoms with Gasteiger partial charge in [-0.15, -0.1) is 0 Å². The second-order valence-electron chi connectivity index (χ2n) is 16.0. The van der Waals surface area contributed by atoms with Crippen molar-refractivity contribution in [2.45, 2.75) is 6.92 Å². The zero-order valence-corrected chi connectivity index (χ0v) is 35.7. The molecule has 2 heterocycles. The molecule has 11 aromatic rings. The number of rotatable bonds is 8. The molecule has 0 fully saturated rings. The molecule has 0 spiro atoms. The fraction of sp³-hybridized carbons (Fsp3) is 0.0164. The topological polar surface area (TPSA) is 51.8 Å². The number of hydrogen-bond acceptors (Lipinski definition) is 3. The Morgan fingerprint density at radius 1 is 0.500 bits per heavy atom. The minimum atomic E-state index is 0.771. The first-order valence-corrected chi connectivity index (χ1v) is 21.6. The van der Waals surface area contributed by atoms with Gasteiger partial charge in [0.05, 0.1) is 11.0 Å². The number of fused-ring (bicyclic) bond motifs is 2. The molecule has 0 bridgehead atoms. The van der Waals surface area contributed by atoms with Gasteiger partial charge in [-0.2, -0.15) is 0 Å². The van der Waals surface area contributed by atoms with Crippen molar-refractivity contribution in [2.75, 3.05) is 5.73 Å². The van der Waals surface area contributed by atoms with Crippen LogP contribution in [0.2, 0.25) is 0 Å². The summed E-state index contributed by atoms with van der Waals surface area (Å²) in [6, 6.07) is 63.1. The Kier molecular flexibility index (Phi) is 10.7. The molecule has 3 nitrogen and oxygen atoms in total. The summed E-state index contributed by atoms with van der Waals surface area (Å²) < 4.78 is 0. The van der Waals surface area contributed by atoms with Crippen LogP contribution in [0.3, 0.4) is 0 Å². The van der Waals surface area contributed by atoms with E-state index in [0.717, 1.165) is 49.8 Å². The van der Waals surface area contributed by atoms with E-state index in [1.807, 2.05) is 74.0 Å². The molecule has 0 amide bonds. The number of pyridine rings is 2. The van der Waals surface area contributed by atoms with Crippen LogP contribution in [0.15, 0.2) is 226 Å². The molecule has 9 aromatic carbocycles. The number of allylic oxidation sites excluding steroid dienone is 5. The van der Waals surface area contributed by atoms with Crippen molar-refractivity contribution in [1.29, 1.82) is 0 Å². The van der Waals surface area contributed by atoms with Gasteiger partial charge in [0.25, 0.3) is 0 Å². The molecule has 64 heavy (non-hydrogen) atoms. The Balaban J connectivity index is 0.000000259. The Bertz CT molecular complexity index is 3400. The standard InChI is InChI=1S/C46H28N2.C15H17N/c1-2-6-43-36(4-1)27-38(28-48-43)30-9-13-32(14-10-30)40-21-16-34-17-22-41-39(20-15-33-18-23-42(40)46(34)45(33)41)31-11-7-29(8-12-31)35-19-24-44-37(26-35)5-3-25-47-44;1-4-8-12(6-3)13-10-7-11-15(16)14(13)9-5-2/h1-28H;4-11H,1,3,16H2,2H3/b;9-5-,12-8+. The maximum Gasteiger partial charge on any atom is 0.0702 e. The number of hydrogen-bond donors (Lipinski definition) is 1. The fourth-order valence-corrected chi connectivity index (χ4v) is 9.06. The number of nitrogens with zero attached hydrogens (tertiary/aromatic N) is 2. The SMILES string of the molecule is C=C/C=C(\C=C)c1cccc(N)c1/C=C\C.c1cnc2ccc(-c3ccc(-c4ccc5ccc6c(-c7ccc(-c8cnc9ccccc9c8)cc7)ccc7ccc4c5c76)cc3)cc2c1. The lowest BCUT2D eigenvalue weighted by atomic mass is 9.87. The summed E-state index contributed by atoms with van der Waals surface area (Å²) in [6.07, 6.45) is 13.3. The molecular weight excluding hydrogens is 775 g/mol. The maximum absolute atomic E-state index is 5.96. The maximum atomic E-state index is 5.96. The van der Waals surface area contributed by atoms with E-state index < -0.39 is 0 Å². The molecule has 11 rings (SSSR count).